The molecule has 0 saturated carbocycles. The summed E-state index contributed by atoms with van der Waals surface area (Å²) in [5.41, 5.74) is 3.39. The zero-order valence-corrected chi connectivity index (χ0v) is 19.4. The first-order valence-electron chi connectivity index (χ1n) is 10.8. The molecule has 0 saturated heterocycles. The number of aromatic nitrogens is 1. The highest BCUT2D eigenvalue weighted by molar-refractivity contribution is 8.22. The number of aryl methyl sites for hydroxylation is 1. The Balaban J connectivity index is 1.70. The number of aliphatic carboxylic acids is 1. The van der Waals surface area contributed by atoms with E-state index in [2.05, 4.69) is 4.98 Å². The van der Waals surface area contributed by atoms with E-state index in [1.807, 2.05) is 50.2 Å². The van der Waals surface area contributed by atoms with E-state index >= 15 is 0 Å². The minimum absolute atomic E-state index is 0.0866. The van der Waals surface area contributed by atoms with Crippen LogP contribution in [0, 0.1) is 6.92 Å². The lowest BCUT2D eigenvalue weighted by Gasteiger charge is -2.42. The van der Waals surface area contributed by atoms with Gasteiger partial charge < -0.3 is 9.84 Å². The lowest BCUT2D eigenvalue weighted by Crippen LogP contribution is -2.33. The van der Waals surface area contributed by atoms with Crippen molar-refractivity contribution in [2.75, 3.05) is 6.54 Å². The molecule has 1 aliphatic heterocycles. The van der Waals surface area contributed by atoms with Gasteiger partial charge in [0, 0.05) is 24.4 Å². The Morgan fingerprint density at radius 1 is 1.18 bits per heavy atom. The number of hydrogen-bond donors (Lipinski definition) is 3. The van der Waals surface area contributed by atoms with Gasteiger partial charge in [-0.3, -0.25) is 18.9 Å². The lowest BCUT2D eigenvalue weighted by atomic mass is 9.89. The van der Waals surface area contributed by atoms with E-state index in [1.165, 1.54) is 0 Å². The number of carbonyl (C=O) groups is 1. The quantitative estimate of drug-likeness (QED) is 0.451. The molecule has 0 spiro atoms. The summed E-state index contributed by atoms with van der Waals surface area (Å²) in [4.78, 5) is 16.3. The number of benzene rings is 2. The number of pyridine rings is 1. The summed E-state index contributed by atoms with van der Waals surface area (Å²) in [6.07, 6.45) is 1.33. The van der Waals surface area contributed by atoms with Crippen LogP contribution in [0.25, 0.3) is 0 Å². The molecule has 174 valence electrons. The molecule has 0 aliphatic carbocycles. The summed E-state index contributed by atoms with van der Waals surface area (Å²) in [5, 5.41) is 9.50. The number of rotatable bonds is 6. The number of hydrogen-bond acceptors (Lipinski definition) is 6. The van der Waals surface area contributed by atoms with Crippen LogP contribution in [0.5, 0.6) is 5.75 Å². The van der Waals surface area contributed by atoms with E-state index in [0.717, 1.165) is 16.7 Å². The van der Waals surface area contributed by atoms with Gasteiger partial charge in [-0.1, -0.05) is 36.4 Å². The Morgan fingerprint density at radius 3 is 2.67 bits per heavy atom. The molecule has 4 rings (SSSR count). The molecule has 1 aromatic heterocycles. The van der Waals surface area contributed by atoms with Crippen molar-refractivity contribution in [3.8, 4) is 5.75 Å². The number of fused-ring (bicyclic) bond motifs is 1. The van der Waals surface area contributed by atoms with Gasteiger partial charge >= 0.3 is 5.97 Å². The first kappa shape index (κ1) is 23.3. The Kier molecular flexibility index (Phi) is 6.71. The van der Waals surface area contributed by atoms with Crippen LogP contribution in [0.1, 0.15) is 41.6 Å². The largest absolute Gasteiger partial charge is 0.487 e. The SMILES string of the molecule is Cc1ccc(C(CC(=O)O)c2ccccn2)cc1CN1CC(C)Oc2ccccc2S1(O)O. The van der Waals surface area contributed by atoms with Crippen molar-refractivity contribution < 1.29 is 23.7 Å². The predicted molar refractivity (Wildman–Crippen MR) is 128 cm³/mol. The zero-order valence-electron chi connectivity index (χ0n) is 18.6. The van der Waals surface area contributed by atoms with E-state index in [9.17, 15) is 19.0 Å². The molecule has 2 heterocycles. The second-order valence-electron chi connectivity index (χ2n) is 8.31. The highest BCUT2D eigenvalue weighted by atomic mass is 32.3. The molecule has 0 amide bonds. The van der Waals surface area contributed by atoms with Gasteiger partial charge in [0.15, 0.2) is 0 Å². The fourth-order valence-electron chi connectivity index (χ4n) is 4.13. The maximum atomic E-state index is 11.6. The maximum absolute atomic E-state index is 11.6. The zero-order chi connectivity index (χ0) is 23.6. The number of nitrogens with zero attached hydrogens (tertiary/aromatic N) is 2. The van der Waals surface area contributed by atoms with Crippen LogP contribution in [0.3, 0.4) is 0 Å². The summed E-state index contributed by atoms with van der Waals surface area (Å²) in [5.74, 6) is -0.831. The summed E-state index contributed by atoms with van der Waals surface area (Å²) >= 11 is 0. The van der Waals surface area contributed by atoms with Gasteiger partial charge in [-0.2, -0.15) is 4.31 Å². The fraction of sp³-hybridized carbons (Fsp3) is 0.280. The molecule has 2 unspecified atom stereocenters. The van der Waals surface area contributed by atoms with Crippen LogP contribution in [0.2, 0.25) is 0 Å². The first-order chi connectivity index (χ1) is 15.8. The Bertz CT molecular complexity index is 1140. The minimum Gasteiger partial charge on any atom is -0.487 e. The predicted octanol–water partition coefficient (Wildman–Crippen LogP) is 5.30. The molecule has 0 bridgehead atoms. The lowest BCUT2D eigenvalue weighted by molar-refractivity contribution is -0.137. The number of para-hydroxylation sites is 1. The second kappa shape index (κ2) is 9.52. The molecule has 3 N–H and O–H groups in total. The standard InChI is InChI=1S/C25H28N2O5S/c1-17-10-11-19(21(14-25(28)29)22-7-5-6-12-26-22)13-20(17)16-27-15-18(2)32-23-8-3-4-9-24(23)33(27,30)31/h3-13,18,21,30-31H,14-16H2,1-2H3,(H,28,29). The van der Waals surface area contributed by atoms with E-state index < -0.39 is 22.7 Å². The van der Waals surface area contributed by atoms with Crippen molar-refractivity contribution in [2.45, 2.75) is 43.7 Å². The summed E-state index contributed by atoms with van der Waals surface area (Å²) in [6, 6.07) is 18.3. The Hall–Kier alpha value is -2.91. The first-order valence-corrected chi connectivity index (χ1v) is 12.3. The summed E-state index contributed by atoms with van der Waals surface area (Å²) < 4.78 is 30.0. The molecule has 0 radical (unpaired) electrons. The third-order valence-corrected chi connectivity index (χ3v) is 7.76. The van der Waals surface area contributed by atoms with Gasteiger partial charge in [0.25, 0.3) is 0 Å². The topological polar surface area (TPSA) is 103 Å². The van der Waals surface area contributed by atoms with Crippen LogP contribution in [0.15, 0.2) is 71.8 Å². The van der Waals surface area contributed by atoms with Crippen molar-refractivity contribution in [2.24, 2.45) is 0 Å². The molecular weight excluding hydrogens is 440 g/mol. The van der Waals surface area contributed by atoms with Crippen molar-refractivity contribution in [1.29, 1.82) is 0 Å². The van der Waals surface area contributed by atoms with Crippen molar-refractivity contribution in [1.82, 2.24) is 9.29 Å². The van der Waals surface area contributed by atoms with Gasteiger partial charge in [0.2, 0.25) is 0 Å². The van der Waals surface area contributed by atoms with Crippen LogP contribution < -0.4 is 4.74 Å². The van der Waals surface area contributed by atoms with Crippen LogP contribution in [0.4, 0.5) is 0 Å². The van der Waals surface area contributed by atoms with Crippen molar-refractivity contribution in [3.05, 3.63) is 89.2 Å². The monoisotopic (exact) mass is 468 g/mol. The Labute approximate surface area is 195 Å². The molecule has 1 aliphatic rings. The summed E-state index contributed by atoms with van der Waals surface area (Å²) in [6.45, 7) is 4.48. The normalized spacial score (nSPS) is 19.6. The minimum atomic E-state index is -3.27. The van der Waals surface area contributed by atoms with Crippen LogP contribution >= 0.6 is 10.8 Å². The fourth-order valence-corrected chi connectivity index (χ4v) is 5.79. The smallest absolute Gasteiger partial charge is 0.304 e. The number of ether oxygens (including phenoxy) is 1. The van der Waals surface area contributed by atoms with Gasteiger partial charge in [-0.25, -0.2) is 0 Å². The molecule has 7 nitrogen and oxygen atoms in total. The molecule has 3 aromatic rings. The molecular formula is C25H28N2O5S. The third kappa shape index (κ3) is 5.04. The van der Waals surface area contributed by atoms with Gasteiger partial charge in [0.05, 0.1) is 13.0 Å². The average molecular weight is 469 g/mol. The Morgan fingerprint density at radius 2 is 1.94 bits per heavy atom. The van der Waals surface area contributed by atoms with Crippen LogP contribution in [-0.4, -0.2) is 42.1 Å². The maximum Gasteiger partial charge on any atom is 0.304 e. The molecule has 8 heteroatoms. The highest BCUT2D eigenvalue weighted by Gasteiger charge is 2.34. The molecule has 0 fully saturated rings. The number of carboxylic acid groups (broad SMARTS) is 1. The van der Waals surface area contributed by atoms with Crippen molar-refractivity contribution >= 4 is 16.7 Å². The van der Waals surface area contributed by atoms with E-state index in [1.54, 1.807) is 34.8 Å². The second-order valence-corrected chi connectivity index (χ2v) is 10.3. The number of carboxylic acids is 1. The van der Waals surface area contributed by atoms with E-state index in [0.29, 0.717) is 22.9 Å². The summed E-state index contributed by atoms with van der Waals surface area (Å²) in [7, 11) is -3.27. The van der Waals surface area contributed by atoms with Crippen LogP contribution in [-0.2, 0) is 11.3 Å². The molecule has 2 atom stereocenters. The molecule has 2 aromatic carbocycles. The van der Waals surface area contributed by atoms with E-state index in [4.69, 9.17) is 4.74 Å². The van der Waals surface area contributed by atoms with Gasteiger partial charge in [-0.05, 0) is 54.8 Å². The van der Waals surface area contributed by atoms with Gasteiger partial charge in [-0.15, -0.1) is 10.8 Å². The highest BCUT2D eigenvalue weighted by Crippen LogP contribution is 2.57. The van der Waals surface area contributed by atoms with Crippen molar-refractivity contribution in [3.63, 3.8) is 0 Å². The third-order valence-electron chi connectivity index (χ3n) is 5.84. The van der Waals surface area contributed by atoms with Gasteiger partial charge in [0.1, 0.15) is 16.7 Å². The average Bonchev–Trinajstić information content (AvgIpc) is 2.88. The van der Waals surface area contributed by atoms with E-state index in [-0.39, 0.29) is 19.1 Å². The molecule has 33 heavy (non-hydrogen) atoms.